The van der Waals surface area contributed by atoms with Crippen LogP contribution in [0.2, 0.25) is 0 Å². The van der Waals surface area contributed by atoms with E-state index in [0.717, 1.165) is 12.2 Å². The minimum Gasteiger partial charge on any atom is -0.323 e. The van der Waals surface area contributed by atoms with Gasteiger partial charge in [-0.15, -0.1) is 0 Å². The van der Waals surface area contributed by atoms with Gasteiger partial charge < -0.3 is 10.2 Å². The Kier molecular flexibility index (Phi) is 4.65. The van der Waals surface area contributed by atoms with Gasteiger partial charge in [0.05, 0.1) is 5.56 Å². The third kappa shape index (κ3) is 3.39. The Morgan fingerprint density at radius 2 is 1.71 bits per heavy atom. The van der Waals surface area contributed by atoms with Crippen LogP contribution >= 0.6 is 0 Å². The fraction of sp³-hybridized carbons (Fsp3) is 0.174. The number of hydrogen-bond acceptors (Lipinski definition) is 4. The number of para-hydroxylation sites is 1. The number of anilines is 3. The molecule has 0 fully saturated rings. The fourth-order valence-electron chi connectivity index (χ4n) is 3.57. The summed E-state index contributed by atoms with van der Waals surface area (Å²) in [6, 6.07) is 19.2. The van der Waals surface area contributed by atoms with Crippen LogP contribution in [0.15, 0.2) is 66.9 Å². The first kappa shape index (κ1) is 17.9. The molecule has 5 nitrogen and oxygen atoms in total. The molecule has 1 aliphatic rings. The molecule has 0 saturated heterocycles. The maximum atomic E-state index is 12.5. The van der Waals surface area contributed by atoms with Gasteiger partial charge in [-0.1, -0.05) is 18.2 Å². The van der Waals surface area contributed by atoms with Crippen LogP contribution < -0.4 is 10.2 Å². The first-order valence-corrected chi connectivity index (χ1v) is 9.28. The Bertz CT molecular complexity index is 1030. The van der Waals surface area contributed by atoms with Crippen LogP contribution in [0.1, 0.15) is 40.1 Å². The van der Waals surface area contributed by atoms with E-state index in [1.807, 2.05) is 12.1 Å². The van der Waals surface area contributed by atoms with E-state index in [9.17, 15) is 9.59 Å². The van der Waals surface area contributed by atoms with Gasteiger partial charge >= 0.3 is 0 Å². The molecule has 0 bridgehead atoms. The van der Waals surface area contributed by atoms with E-state index in [1.165, 1.54) is 18.2 Å². The van der Waals surface area contributed by atoms with Crippen LogP contribution in [0.3, 0.4) is 0 Å². The summed E-state index contributed by atoms with van der Waals surface area (Å²) in [5.41, 5.74) is 4.22. The molecule has 1 aliphatic heterocycles. The Hall–Kier alpha value is -3.47. The highest BCUT2D eigenvalue weighted by atomic mass is 16.1. The molecule has 1 atom stereocenters. The minimum atomic E-state index is -0.232. The molecule has 2 aromatic carbocycles. The molecule has 0 spiro atoms. The number of amides is 1. The van der Waals surface area contributed by atoms with Crippen LogP contribution in [-0.2, 0) is 6.42 Å². The monoisotopic (exact) mass is 371 g/mol. The van der Waals surface area contributed by atoms with Gasteiger partial charge in [-0.25, -0.2) is 4.98 Å². The number of aromatic nitrogens is 1. The number of ketones is 1. The third-order valence-corrected chi connectivity index (χ3v) is 5.01. The van der Waals surface area contributed by atoms with E-state index in [4.69, 9.17) is 0 Å². The van der Waals surface area contributed by atoms with Crippen molar-refractivity contribution in [1.82, 2.24) is 4.98 Å². The number of hydrogen-bond donors (Lipinski definition) is 1. The van der Waals surface area contributed by atoms with Gasteiger partial charge in [0.2, 0.25) is 0 Å². The molecule has 4 rings (SSSR count). The van der Waals surface area contributed by atoms with Crippen molar-refractivity contribution in [2.75, 3.05) is 10.2 Å². The second-order valence-corrected chi connectivity index (χ2v) is 7.04. The number of nitrogens with one attached hydrogen (secondary N) is 1. The number of carbonyl (C=O) groups is 2. The number of fused-ring (bicyclic) bond motifs is 1. The summed E-state index contributed by atoms with van der Waals surface area (Å²) in [5, 5.41) is 2.83. The van der Waals surface area contributed by atoms with Gasteiger partial charge in [0.25, 0.3) is 5.91 Å². The lowest BCUT2D eigenvalue weighted by Gasteiger charge is -2.23. The molecule has 28 heavy (non-hydrogen) atoms. The Morgan fingerprint density at radius 3 is 2.39 bits per heavy atom. The van der Waals surface area contributed by atoms with Crippen molar-refractivity contribution in [3.8, 4) is 0 Å². The first-order valence-electron chi connectivity index (χ1n) is 9.28. The number of nitrogens with zero attached hydrogens (tertiary/aromatic N) is 2. The topological polar surface area (TPSA) is 62.3 Å². The second-order valence-electron chi connectivity index (χ2n) is 7.04. The predicted octanol–water partition coefficient (Wildman–Crippen LogP) is 4.62. The third-order valence-electron chi connectivity index (χ3n) is 5.01. The number of carbonyl (C=O) groups excluding carboxylic acids is 2. The summed E-state index contributed by atoms with van der Waals surface area (Å²) in [5.74, 6) is 0.597. The van der Waals surface area contributed by atoms with Crippen molar-refractivity contribution in [2.24, 2.45) is 0 Å². The molecular weight excluding hydrogens is 350 g/mol. The molecule has 5 heteroatoms. The fourth-order valence-corrected chi connectivity index (χ4v) is 3.57. The smallest absolute Gasteiger partial charge is 0.257 e. The van der Waals surface area contributed by atoms with Crippen molar-refractivity contribution in [3.63, 3.8) is 0 Å². The molecule has 1 N–H and O–H groups in total. The largest absolute Gasteiger partial charge is 0.323 e. The Morgan fingerprint density at radius 1 is 1.00 bits per heavy atom. The quantitative estimate of drug-likeness (QED) is 0.680. The highest BCUT2D eigenvalue weighted by molar-refractivity contribution is 6.04. The summed E-state index contributed by atoms with van der Waals surface area (Å²) in [7, 11) is 0. The summed E-state index contributed by atoms with van der Waals surface area (Å²) >= 11 is 0. The molecule has 1 aromatic heterocycles. The summed E-state index contributed by atoms with van der Waals surface area (Å²) < 4.78 is 0. The van der Waals surface area contributed by atoms with Crippen molar-refractivity contribution in [2.45, 2.75) is 26.3 Å². The van der Waals surface area contributed by atoms with Gasteiger partial charge in [-0.05, 0) is 68.3 Å². The van der Waals surface area contributed by atoms with Gasteiger partial charge in [0.15, 0.2) is 5.78 Å². The molecule has 3 aromatic rings. The number of benzene rings is 2. The number of Topliss-reactive ketones (excluding diaryl/α,β-unsaturated/α-hetero) is 1. The van der Waals surface area contributed by atoms with E-state index in [0.29, 0.717) is 22.9 Å². The SMILES string of the molecule is CC(=O)c1ccc(NC(=O)c2ccc(N3c4ccccc4CC3C)nc2)cc1. The minimum absolute atomic E-state index is 0.00428. The molecule has 0 radical (unpaired) electrons. The van der Waals surface area contributed by atoms with Gasteiger partial charge in [-0.2, -0.15) is 0 Å². The van der Waals surface area contributed by atoms with E-state index in [1.54, 1.807) is 36.5 Å². The highest BCUT2D eigenvalue weighted by Gasteiger charge is 2.27. The molecule has 140 valence electrons. The molecule has 1 unspecified atom stereocenters. The molecule has 2 heterocycles. The van der Waals surface area contributed by atoms with Crippen LogP contribution in [0.4, 0.5) is 17.2 Å². The zero-order chi connectivity index (χ0) is 19.7. The lowest BCUT2D eigenvalue weighted by molar-refractivity contribution is 0.101. The van der Waals surface area contributed by atoms with Crippen molar-refractivity contribution in [1.29, 1.82) is 0 Å². The van der Waals surface area contributed by atoms with Crippen LogP contribution in [0.25, 0.3) is 0 Å². The van der Waals surface area contributed by atoms with E-state index in [2.05, 4.69) is 40.3 Å². The average Bonchev–Trinajstić information content (AvgIpc) is 3.04. The molecule has 0 aliphatic carbocycles. The van der Waals surface area contributed by atoms with Crippen molar-refractivity contribution >= 4 is 28.9 Å². The Balaban J connectivity index is 1.50. The lowest BCUT2D eigenvalue weighted by Crippen LogP contribution is -2.25. The highest BCUT2D eigenvalue weighted by Crippen LogP contribution is 2.36. The maximum Gasteiger partial charge on any atom is 0.257 e. The van der Waals surface area contributed by atoms with E-state index in [-0.39, 0.29) is 11.7 Å². The average molecular weight is 371 g/mol. The van der Waals surface area contributed by atoms with Crippen LogP contribution in [0, 0.1) is 0 Å². The van der Waals surface area contributed by atoms with Crippen molar-refractivity contribution in [3.05, 3.63) is 83.6 Å². The van der Waals surface area contributed by atoms with Crippen molar-refractivity contribution < 1.29 is 9.59 Å². The van der Waals surface area contributed by atoms with Crippen LogP contribution in [0.5, 0.6) is 0 Å². The maximum absolute atomic E-state index is 12.5. The van der Waals surface area contributed by atoms with E-state index >= 15 is 0 Å². The van der Waals surface area contributed by atoms with Gasteiger partial charge in [-0.3, -0.25) is 9.59 Å². The summed E-state index contributed by atoms with van der Waals surface area (Å²) in [6.07, 6.45) is 2.58. The molecule has 0 saturated carbocycles. The van der Waals surface area contributed by atoms with E-state index < -0.39 is 0 Å². The second kappa shape index (κ2) is 7.27. The normalized spacial score (nSPS) is 15.2. The molecule has 1 amide bonds. The number of rotatable bonds is 4. The molecular formula is C23H21N3O2. The first-order chi connectivity index (χ1) is 13.5. The van der Waals surface area contributed by atoms with Gasteiger partial charge in [0, 0.05) is 29.2 Å². The summed E-state index contributed by atoms with van der Waals surface area (Å²) in [6.45, 7) is 3.69. The number of pyridine rings is 1. The standard InChI is InChI=1S/C23H21N3O2/c1-15-13-18-5-3-4-6-21(18)26(15)22-12-9-19(14-24-22)23(28)25-20-10-7-17(8-11-20)16(2)27/h3-12,14-15H,13H2,1-2H3,(H,25,28). The summed E-state index contributed by atoms with van der Waals surface area (Å²) in [4.78, 5) is 30.6. The Labute approximate surface area is 164 Å². The lowest BCUT2D eigenvalue weighted by atomic mass is 10.1. The van der Waals surface area contributed by atoms with Crippen LogP contribution in [-0.4, -0.2) is 22.7 Å². The predicted molar refractivity (Wildman–Crippen MR) is 110 cm³/mol. The zero-order valence-corrected chi connectivity index (χ0v) is 15.8. The zero-order valence-electron chi connectivity index (χ0n) is 15.8. The van der Waals surface area contributed by atoms with Gasteiger partial charge in [0.1, 0.15) is 5.82 Å².